The molecule has 0 amide bonds. The van der Waals surface area contributed by atoms with Crippen molar-refractivity contribution < 1.29 is 8.42 Å². The summed E-state index contributed by atoms with van der Waals surface area (Å²) < 4.78 is 27.4. The Balaban J connectivity index is 2.01. The van der Waals surface area contributed by atoms with E-state index >= 15 is 0 Å². The predicted octanol–water partition coefficient (Wildman–Crippen LogP) is 3.70. The van der Waals surface area contributed by atoms with Gasteiger partial charge in [0.1, 0.15) is 4.90 Å². The number of hydrogen-bond acceptors (Lipinski definition) is 4. The molecule has 5 nitrogen and oxygen atoms in total. The Labute approximate surface area is 139 Å². The van der Waals surface area contributed by atoms with E-state index in [1.54, 1.807) is 30.3 Å². The normalized spacial score (nSPS) is 11.6. The van der Waals surface area contributed by atoms with Crippen LogP contribution < -0.4 is 4.72 Å². The van der Waals surface area contributed by atoms with Crippen molar-refractivity contribution in [3.8, 4) is 0 Å². The average Bonchev–Trinajstić information content (AvgIpc) is 2.48. The maximum absolute atomic E-state index is 12.4. The van der Waals surface area contributed by atoms with Crippen LogP contribution in [0.5, 0.6) is 0 Å². The van der Waals surface area contributed by atoms with Gasteiger partial charge in [0.2, 0.25) is 0 Å². The third-order valence-electron chi connectivity index (χ3n) is 3.45. The predicted molar refractivity (Wildman–Crippen MR) is 91.3 cm³/mol. The van der Waals surface area contributed by atoms with Gasteiger partial charge < -0.3 is 0 Å². The fraction of sp³-hybridized carbons (Fsp3) is 0.125. The molecule has 1 aromatic heterocycles. The molecule has 0 aliphatic carbocycles. The number of nitrogens with one attached hydrogen (secondary N) is 1. The molecule has 0 saturated carbocycles. The van der Waals surface area contributed by atoms with Gasteiger partial charge in [0.15, 0.2) is 0 Å². The lowest BCUT2D eigenvalue weighted by atomic mass is 10.2. The van der Waals surface area contributed by atoms with Gasteiger partial charge in [-0.1, -0.05) is 23.7 Å². The fourth-order valence-corrected chi connectivity index (χ4v) is 3.74. The van der Waals surface area contributed by atoms with Gasteiger partial charge in [-0.05, 0) is 44.2 Å². The zero-order valence-electron chi connectivity index (χ0n) is 12.5. The minimum Gasteiger partial charge on any atom is -0.280 e. The summed E-state index contributed by atoms with van der Waals surface area (Å²) in [5.41, 5.74) is 3.42. The number of anilines is 1. The van der Waals surface area contributed by atoms with Crippen molar-refractivity contribution >= 4 is 38.3 Å². The molecule has 0 atom stereocenters. The van der Waals surface area contributed by atoms with Crippen LogP contribution in [0.1, 0.15) is 11.4 Å². The molecule has 0 saturated heterocycles. The van der Waals surface area contributed by atoms with E-state index in [0.29, 0.717) is 16.7 Å². The van der Waals surface area contributed by atoms with Crippen LogP contribution in [0, 0.1) is 13.8 Å². The smallest absolute Gasteiger partial charge is 0.263 e. The molecule has 3 aromatic rings. The molecule has 0 bridgehead atoms. The number of fused-ring (bicyclic) bond motifs is 1. The second-order valence-electron chi connectivity index (χ2n) is 5.13. The largest absolute Gasteiger partial charge is 0.280 e. The summed E-state index contributed by atoms with van der Waals surface area (Å²) in [5, 5.41) is 0.173. The first kappa shape index (κ1) is 15.7. The molecule has 0 spiro atoms. The van der Waals surface area contributed by atoms with Gasteiger partial charge >= 0.3 is 0 Å². The van der Waals surface area contributed by atoms with Gasteiger partial charge in [0.25, 0.3) is 10.0 Å². The van der Waals surface area contributed by atoms with Crippen LogP contribution >= 0.6 is 11.6 Å². The van der Waals surface area contributed by atoms with Gasteiger partial charge in [-0.2, -0.15) is 0 Å². The molecule has 1 heterocycles. The maximum Gasteiger partial charge on any atom is 0.263 e. The number of sulfonamides is 1. The lowest BCUT2D eigenvalue weighted by molar-refractivity contribution is 0.601. The Bertz CT molecular complexity index is 1000. The van der Waals surface area contributed by atoms with Crippen molar-refractivity contribution in [2.75, 3.05) is 4.72 Å². The van der Waals surface area contributed by atoms with E-state index in [1.165, 1.54) is 12.1 Å². The summed E-state index contributed by atoms with van der Waals surface area (Å²) in [6, 6.07) is 11.3. The minimum absolute atomic E-state index is 0.0351. The Kier molecular flexibility index (Phi) is 3.95. The number of nitrogens with zero attached hydrogens (tertiary/aromatic N) is 2. The fourth-order valence-electron chi connectivity index (χ4n) is 2.17. The molecule has 118 valence electrons. The molecule has 1 N–H and O–H groups in total. The lowest BCUT2D eigenvalue weighted by Crippen LogP contribution is -2.13. The summed E-state index contributed by atoms with van der Waals surface area (Å²) in [5.74, 6) is 0. The van der Waals surface area contributed by atoms with Gasteiger partial charge in [0, 0.05) is 0 Å². The molecule has 0 unspecified atom stereocenters. The van der Waals surface area contributed by atoms with Gasteiger partial charge in [-0.25, -0.2) is 18.4 Å². The number of aryl methyl sites for hydroxylation is 2. The summed E-state index contributed by atoms with van der Waals surface area (Å²) in [7, 11) is -3.76. The summed E-state index contributed by atoms with van der Waals surface area (Å²) in [6.07, 6.45) is 0. The number of hydrogen-bond donors (Lipinski definition) is 1. The highest BCUT2D eigenvalue weighted by Gasteiger charge is 2.17. The highest BCUT2D eigenvalue weighted by Crippen LogP contribution is 2.24. The van der Waals surface area contributed by atoms with E-state index in [9.17, 15) is 8.42 Å². The quantitative estimate of drug-likeness (QED) is 0.784. The van der Waals surface area contributed by atoms with E-state index in [4.69, 9.17) is 11.6 Å². The average molecular weight is 348 g/mol. The van der Waals surface area contributed by atoms with Gasteiger partial charge in [0.05, 0.1) is 33.1 Å². The van der Waals surface area contributed by atoms with E-state index < -0.39 is 10.0 Å². The summed E-state index contributed by atoms with van der Waals surface area (Å²) >= 11 is 5.97. The third kappa shape index (κ3) is 3.13. The van der Waals surface area contributed by atoms with Crippen molar-refractivity contribution in [2.24, 2.45) is 0 Å². The highest BCUT2D eigenvalue weighted by atomic mass is 35.5. The van der Waals surface area contributed by atoms with Crippen molar-refractivity contribution in [1.29, 1.82) is 0 Å². The minimum atomic E-state index is -3.76. The maximum atomic E-state index is 12.4. The molecule has 0 fully saturated rings. The van der Waals surface area contributed by atoms with Gasteiger partial charge in [-0.3, -0.25) is 4.72 Å². The topological polar surface area (TPSA) is 72.0 Å². The van der Waals surface area contributed by atoms with Crippen molar-refractivity contribution in [3.63, 3.8) is 0 Å². The highest BCUT2D eigenvalue weighted by molar-refractivity contribution is 7.92. The van der Waals surface area contributed by atoms with Crippen molar-refractivity contribution in [3.05, 3.63) is 58.9 Å². The van der Waals surface area contributed by atoms with Crippen molar-refractivity contribution in [2.45, 2.75) is 18.7 Å². The van der Waals surface area contributed by atoms with Crippen LogP contribution in [0.25, 0.3) is 11.0 Å². The Hall–Kier alpha value is -2.18. The van der Waals surface area contributed by atoms with Crippen LogP contribution in [0.3, 0.4) is 0 Å². The molecule has 3 rings (SSSR count). The Morgan fingerprint density at radius 2 is 1.61 bits per heavy atom. The molecule has 0 aliphatic heterocycles. The number of benzene rings is 2. The van der Waals surface area contributed by atoms with E-state index in [-0.39, 0.29) is 9.92 Å². The zero-order chi connectivity index (χ0) is 16.6. The summed E-state index contributed by atoms with van der Waals surface area (Å²) in [4.78, 5) is 8.89. The SMILES string of the molecule is Cc1nc2ccc(NS(=O)(=O)c3ccccc3Cl)cc2nc1C. The second-order valence-corrected chi connectivity index (χ2v) is 7.19. The van der Waals surface area contributed by atoms with Crippen LogP contribution in [0.2, 0.25) is 5.02 Å². The monoisotopic (exact) mass is 347 g/mol. The number of aromatic nitrogens is 2. The van der Waals surface area contributed by atoms with E-state index in [0.717, 1.165) is 11.4 Å². The zero-order valence-corrected chi connectivity index (χ0v) is 14.1. The van der Waals surface area contributed by atoms with E-state index in [2.05, 4.69) is 14.7 Å². The first-order valence-corrected chi connectivity index (χ1v) is 8.75. The molecule has 23 heavy (non-hydrogen) atoms. The molecule has 0 aliphatic rings. The summed E-state index contributed by atoms with van der Waals surface area (Å²) in [6.45, 7) is 3.75. The molecule has 0 radical (unpaired) electrons. The lowest BCUT2D eigenvalue weighted by Gasteiger charge is -2.10. The van der Waals surface area contributed by atoms with E-state index in [1.807, 2.05) is 13.8 Å². The standard InChI is InChI=1S/C16H14ClN3O2S/c1-10-11(2)19-15-9-12(7-8-14(15)18-10)20-23(21,22)16-6-4-3-5-13(16)17/h3-9,20H,1-2H3. The van der Waals surface area contributed by atoms with Crippen LogP contribution in [-0.2, 0) is 10.0 Å². The Morgan fingerprint density at radius 3 is 2.30 bits per heavy atom. The molecular formula is C16H14ClN3O2S. The van der Waals surface area contributed by atoms with Crippen LogP contribution in [0.4, 0.5) is 5.69 Å². The first-order chi connectivity index (χ1) is 10.9. The number of halogens is 1. The van der Waals surface area contributed by atoms with Crippen LogP contribution in [0.15, 0.2) is 47.4 Å². The first-order valence-electron chi connectivity index (χ1n) is 6.89. The third-order valence-corrected chi connectivity index (χ3v) is 5.33. The Morgan fingerprint density at radius 1 is 0.957 bits per heavy atom. The second kappa shape index (κ2) is 5.79. The number of rotatable bonds is 3. The molecule has 7 heteroatoms. The molecule has 2 aromatic carbocycles. The molecular weight excluding hydrogens is 334 g/mol. The van der Waals surface area contributed by atoms with Crippen molar-refractivity contribution in [1.82, 2.24) is 9.97 Å². The van der Waals surface area contributed by atoms with Gasteiger partial charge in [-0.15, -0.1) is 0 Å². The van der Waals surface area contributed by atoms with Crippen LogP contribution in [-0.4, -0.2) is 18.4 Å².